The van der Waals surface area contributed by atoms with Crippen molar-refractivity contribution in [2.24, 2.45) is 5.92 Å². The van der Waals surface area contributed by atoms with Gasteiger partial charge in [0.05, 0.1) is 12.1 Å². The van der Waals surface area contributed by atoms with Gasteiger partial charge in [-0.15, -0.1) is 0 Å². The molecule has 0 radical (unpaired) electrons. The van der Waals surface area contributed by atoms with Gasteiger partial charge < -0.3 is 14.5 Å². The molecule has 1 fully saturated rings. The van der Waals surface area contributed by atoms with Gasteiger partial charge in [0.1, 0.15) is 0 Å². The summed E-state index contributed by atoms with van der Waals surface area (Å²) in [6.45, 7) is 1.07. The molecule has 0 spiro atoms. The first-order valence-electron chi connectivity index (χ1n) is 10.7. The zero-order valence-corrected chi connectivity index (χ0v) is 17.0. The van der Waals surface area contributed by atoms with Crippen LogP contribution in [0.25, 0.3) is 11.1 Å². The summed E-state index contributed by atoms with van der Waals surface area (Å²) in [5.41, 5.74) is 1.30. The van der Waals surface area contributed by atoms with Gasteiger partial charge in [-0.2, -0.15) is 0 Å². The van der Waals surface area contributed by atoms with E-state index in [4.69, 9.17) is 9.15 Å². The Bertz CT molecular complexity index is 1050. The first kappa shape index (κ1) is 20.2. The number of hydrogen-bond donors (Lipinski definition) is 1. The van der Waals surface area contributed by atoms with Crippen molar-refractivity contribution in [3.63, 3.8) is 0 Å². The lowest BCUT2D eigenvalue weighted by Gasteiger charge is -2.22. The van der Waals surface area contributed by atoms with Gasteiger partial charge in [0.2, 0.25) is 5.91 Å². The molecule has 0 saturated heterocycles. The second-order valence-electron chi connectivity index (χ2n) is 7.80. The lowest BCUT2D eigenvalue weighted by Crippen LogP contribution is -2.19. The Labute approximate surface area is 175 Å². The molecule has 158 valence electrons. The van der Waals surface area contributed by atoms with Crippen molar-refractivity contribution < 1.29 is 13.9 Å². The molecule has 2 aromatic heterocycles. The van der Waals surface area contributed by atoms with Crippen LogP contribution in [0.1, 0.15) is 44.9 Å². The Morgan fingerprint density at radius 3 is 2.87 bits per heavy atom. The molecule has 1 N–H and O–H groups in total. The fourth-order valence-electron chi connectivity index (χ4n) is 3.98. The number of amides is 1. The van der Waals surface area contributed by atoms with Gasteiger partial charge in [0, 0.05) is 19.2 Å². The minimum Gasteiger partial charge on any atom is -0.489 e. The molecule has 2 heterocycles. The van der Waals surface area contributed by atoms with Gasteiger partial charge in [0.25, 0.3) is 0 Å². The van der Waals surface area contributed by atoms with E-state index < -0.39 is 5.76 Å². The third kappa shape index (κ3) is 4.90. The highest BCUT2D eigenvalue weighted by Gasteiger charge is 2.16. The van der Waals surface area contributed by atoms with Crippen LogP contribution >= 0.6 is 0 Å². The van der Waals surface area contributed by atoms with E-state index in [9.17, 15) is 9.59 Å². The Kier molecular flexibility index (Phi) is 6.47. The molecule has 1 aromatic carbocycles. The minimum absolute atomic E-state index is 0.155. The van der Waals surface area contributed by atoms with E-state index in [1.807, 2.05) is 30.3 Å². The molecule has 7 nitrogen and oxygen atoms in total. The normalized spacial score (nSPS) is 14.7. The number of aryl methyl sites for hydroxylation is 1. The average Bonchev–Trinajstić information content (AvgIpc) is 3.09. The molecule has 3 aromatic rings. The average molecular weight is 409 g/mol. The van der Waals surface area contributed by atoms with E-state index in [1.54, 1.807) is 16.8 Å². The van der Waals surface area contributed by atoms with E-state index in [0.717, 1.165) is 5.52 Å². The lowest BCUT2D eigenvalue weighted by molar-refractivity contribution is -0.116. The highest BCUT2D eigenvalue weighted by Crippen LogP contribution is 2.27. The number of hydrogen-bond acceptors (Lipinski definition) is 5. The summed E-state index contributed by atoms with van der Waals surface area (Å²) in [6.07, 6.45) is 8.66. The largest absolute Gasteiger partial charge is 0.489 e. The number of nitrogens with zero attached hydrogens (tertiary/aromatic N) is 2. The first-order valence-corrected chi connectivity index (χ1v) is 10.7. The summed E-state index contributed by atoms with van der Waals surface area (Å²) >= 11 is 0. The van der Waals surface area contributed by atoms with Crippen molar-refractivity contribution in [1.82, 2.24) is 9.55 Å². The molecule has 1 saturated carbocycles. The van der Waals surface area contributed by atoms with Gasteiger partial charge in [-0.3, -0.25) is 9.36 Å². The first-order chi connectivity index (χ1) is 14.7. The van der Waals surface area contributed by atoms with Crippen LogP contribution < -0.4 is 15.8 Å². The summed E-state index contributed by atoms with van der Waals surface area (Å²) in [6, 6.07) is 10.9. The maximum absolute atomic E-state index is 12.4. The van der Waals surface area contributed by atoms with Gasteiger partial charge in [-0.1, -0.05) is 31.4 Å². The standard InChI is InChI=1S/C23H27N3O4/c27-21(13-7-15-26-18-10-4-5-11-19(18)30-23(26)28)25-22-20(12-6-14-24-22)29-16-17-8-2-1-3-9-17/h4-6,10-12,14,17H,1-3,7-9,13,15-16H2,(H,24,25,27). The van der Waals surface area contributed by atoms with Crippen LogP contribution in [0.4, 0.5) is 5.82 Å². The third-order valence-electron chi connectivity index (χ3n) is 5.59. The van der Waals surface area contributed by atoms with Gasteiger partial charge in [-0.05, 0) is 49.4 Å². The number of carbonyl (C=O) groups is 1. The van der Waals surface area contributed by atoms with Gasteiger partial charge in [0.15, 0.2) is 17.2 Å². The maximum Gasteiger partial charge on any atom is 0.419 e. The highest BCUT2D eigenvalue weighted by molar-refractivity contribution is 5.91. The molecule has 0 bridgehead atoms. The molecule has 4 rings (SSSR count). The summed E-state index contributed by atoms with van der Waals surface area (Å²) in [7, 11) is 0. The van der Waals surface area contributed by atoms with E-state index >= 15 is 0 Å². The van der Waals surface area contributed by atoms with Crippen LogP contribution in [0.5, 0.6) is 5.75 Å². The molecular weight excluding hydrogens is 382 g/mol. The van der Waals surface area contributed by atoms with Crippen LogP contribution in [0.2, 0.25) is 0 Å². The topological polar surface area (TPSA) is 86.4 Å². The maximum atomic E-state index is 12.4. The van der Waals surface area contributed by atoms with Crippen molar-refractivity contribution in [2.75, 3.05) is 11.9 Å². The van der Waals surface area contributed by atoms with Crippen LogP contribution in [0.3, 0.4) is 0 Å². The molecule has 1 aliphatic carbocycles. The van der Waals surface area contributed by atoms with Crippen molar-refractivity contribution in [3.05, 3.63) is 53.1 Å². The van der Waals surface area contributed by atoms with Crippen molar-refractivity contribution >= 4 is 22.8 Å². The molecule has 7 heteroatoms. The number of carbonyl (C=O) groups excluding carboxylic acids is 1. The van der Waals surface area contributed by atoms with Crippen LogP contribution in [-0.4, -0.2) is 22.1 Å². The Hall–Kier alpha value is -3.09. The molecule has 0 aliphatic heterocycles. The number of pyridine rings is 1. The zero-order valence-electron chi connectivity index (χ0n) is 17.0. The number of ether oxygens (including phenoxy) is 1. The third-order valence-corrected chi connectivity index (χ3v) is 5.59. The molecule has 0 unspecified atom stereocenters. The van der Waals surface area contributed by atoms with E-state index in [1.165, 1.54) is 32.1 Å². The van der Waals surface area contributed by atoms with Gasteiger partial charge in [-0.25, -0.2) is 9.78 Å². The monoisotopic (exact) mass is 409 g/mol. The number of oxazole rings is 1. The second-order valence-corrected chi connectivity index (χ2v) is 7.80. The smallest absolute Gasteiger partial charge is 0.419 e. The van der Waals surface area contributed by atoms with Crippen molar-refractivity contribution in [1.29, 1.82) is 0 Å². The van der Waals surface area contributed by atoms with Crippen molar-refractivity contribution in [3.8, 4) is 5.75 Å². The minimum atomic E-state index is -0.403. The summed E-state index contributed by atoms with van der Waals surface area (Å²) < 4.78 is 12.8. The number of benzene rings is 1. The number of aromatic nitrogens is 2. The predicted octanol–water partition coefficient (Wildman–Crippen LogP) is 4.37. The zero-order chi connectivity index (χ0) is 20.8. The van der Waals surface area contributed by atoms with Crippen LogP contribution in [-0.2, 0) is 11.3 Å². The Morgan fingerprint density at radius 1 is 1.17 bits per heavy atom. The molecule has 1 amide bonds. The quantitative estimate of drug-likeness (QED) is 0.597. The molecule has 0 atom stereocenters. The predicted molar refractivity (Wildman–Crippen MR) is 115 cm³/mol. The number of fused-ring (bicyclic) bond motifs is 1. The summed E-state index contributed by atoms with van der Waals surface area (Å²) in [5, 5.41) is 2.84. The fourth-order valence-corrected chi connectivity index (χ4v) is 3.98. The summed E-state index contributed by atoms with van der Waals surface area (Å²) in [4.78, 5) is 28.7. The molecule has 30 heavy (non-hydrogen) atoms. The lowest BCUT2D eigenvalue weighted by atomic mass is 9.90. The number of anilines is 1. The second kappa shape index (κ2) is 9.61. The van der Waals surface area contributed by atoms with E-state index in [2.05, 4.69) is 10.3 Å². The SMILES string of the molecule is O=C(CCCn1c(=O)oc2ccccc21)Nc1ncccc1OCC1CCCCC1. The number of para-hydroxylation sites is 2. The van der Waals surface area contributed by atoms with Crippen LogP contribution in [0.15, 0.2) is 51.8 Å². The van der Waals surface area contributed by atoms with Gasteiger partial charge >= 0.3 is 5.76 Å². The van der Waals surface area contributed by atoms with E-state index in [0.29, 0.717) is 42.6 Å². The van der Waals surface area contributed by atoms with E-state index in [-0.39, 0.29) is 12.3 Å². The Balaban J connectivity index is 1.30. The molecular formula is C23H27N3O4. The molecule has 1 aliphatic rings. The summed E-state index contributed by atoms with van der Waals surface area (Å²) in [5.74, 6) is 1.07. The fraction of sp³-hybridized carbons (Fsp3) is 0.435. The number of rotatable bonds is 8. The van der Waals surface area contributed by atoms with Crippen molar-refractivity contribution in [2.45, 2.75) is 51.5 Å². The highest BCUT2D eigenvalue weighted by atomic mass is 16.5. The number of nitrogens with one attached hydrogen (secondary N) is 1. The van der Waals surface area contributed by atoms with Crippen LogP contribution in [0, 0.1) is 5.92 Å². The Morgan fingerprint density at radius 2 is 2.00 bits per heavy atom.